The van der Waals surface area contributed by atoms with E-state index < -0.39 is 75.1 Å². The number of rotatable bonds is 6. The van der Waals surface area contributed by atoms with E-state index in [1.807, 2.05) is 27.7 Å². The zero-order valence-electron chi connectivity index (χ0n) is 25.2. The van der Waals surface area contributed by atoms with Crippen LogP contribution in [0.15, 0.2) is 36.4 Å². The number of imide groups is 1. The van der Waals surface area contributed by atoms with Gasteiger partial charge in [-0.3, -0.25) is 24.6 Å². The molecule has 45 heavy (non-hydrogen) atoms. The molecule has 1 unspecified atom stereocenters. The number of benzene rings is 2. The fourth-order valence-electron chi connectivity index (χ4n) is 5.00. The normalized spacial score (nSPS) is 23.2. The number of piperidine rings is 1. The highest BCUT2D eigenvalue weighted by molar-refractivity contribution is 6.10. The van der Waals surface area contributed by atoms with Crippen LogP contribution in [0.5, 0.6) is 5.75 Å². The zero-order valence-corrected chi connectivity index (χ0v) is 25.2. The predicted octanol–water partition coefficient (Wildman–Crippen LogP) is -1.45. The molecule has 3 aliphatic heterocycles. The fourth-order valence-corrected chi connectivity index (χ4v) is 5.00. The Balaban J connectivity index is 0.00000133. The minimum Gasteiger partial charge on any atom is -0.488 e. The van der Waals surface area contributed by atoms with Gasteiger partial charge in [0.2, 0.25) is 0 Å². The number of morpholine rings is 1. The second-order valence-corrected chi connectivity index (χ2v) is 9.86. The van der Waals surface area contributed by atoms with Gasteiger partial charge in [0, 0.05) is 25.2 Å². The lowest BCUT2D eigenvalue weighted by Gasteiger charge is -2.51. The predicted molar refractivity (Wildman–Crippen MR) is 151 cm³/mol. The van der Waals surface area contributed by atoms with Crippen molar-refractivity contribution in [3.05, 3.63) is 64.5 Å². The molecule has 3 aliphatic rings. The Kier molecular flexibility index (Phi) is 10.7. The van der Waals surface area contributed by atoms with Gasteiger partial charge in [0.05, 0.1) is 24.3 Å². The highest BCUT2D eigenvalue weighted by Gasteiger charge is 2.79. The lowest BCUT2D eigenvalue weighted by molar-refractivity contribution is -0.433. The van der Waals surface area contributed by atoms with Crippen molar-refractivity contribution in [2.75, 3.05) is 26.3 Å². The maximum absolute atomic E-state index is 14.9. The van der Waals surface area contributed by atoms with Crippen molar-refractivity contribution in [3.63, 3.8) is 0 Å². The van der Waals surface area contributed by atoms with Crippen LogP contribution in [-0.4, -0.2) is 107 Å². The number of aliphatic hydroxyl groups is 7. The first-order valence-electron chi connectivity index (χ1n) is 14.2. The van der Waals surface area contributed by atoms with Crippen molar-refractivity contribution in [3.8, 4) is 5.75 Å². The Morgan fingerprint density at radius 2 is 1.53 bits per heavy atom. The molecule has 248 valence electrons. The average molecular weight is 640 g/mol. The van der Waals surface area contributed by atoms with Gasteiger partial charge in [-0.1, -0.05) is 45.9 Å². The van der Waals surface area contributed by atoms with E-state index >= 15 is 0 Å². The summed E-state index contributed by atoms with van der Waals surface area (Å²) in [5.74, 6) is -19.5. The summed E-state index contributed by atoms with van der Waals surface area (Å²) in [6.45, 7) is 10.6. The molecule has 2 aromatic rings. The summed E-state index contributed by atoms with van der Waals surface area (Å²) in [5.41, 5.74) is -4.93. The minimum absolute atomic E-state index is 0.0508. The van der Waals surface area contributed by atoms with Crippen LogP contribution in [0, 0.1) is 5.82 Å². The number of fused-ring (bicyclic) bond motifs is 1. The maximum Gasteiger partial charge on any atom is 0.306 e. The van der Waals surface area contributed by atoms with E-state index in [0.29, 0.717) is 38.4 Å². The van der Waals surface area contributed by atoms with E-state index in [0.717, 1.165) is 12.1 Å². The standard InChI is InChI=1S/C25H26FN3O12.2C2H6/c26-16-10-13(11-28-6-8-40-9-7-28)4-5-14(16)12-41-17-3-1-2-15-18(17)24(36,37)29(19(15)30)22(33)20(31)27-21(32)23(34,35)25(22,38)39;2*1-2/h1-5,10,33-39H,6-9,11-12H2,(H,27,31,32);2*1-2H3. The molecule has 0 radical (unpaired) electrons. The van der Waals surface area contributed by atoms with Crippen molar-refractivity contribution in [2.24, 2.45) is 0 Å². The molecule has 3 heterocycles. The summed E-state index contributed by atoms with van der Waals surface area (Å²) in [4.78, 5) is 39.1. The van der Waals surface area contributed by atoms with Gasteiger partial charge in [0.1, 0.15) is 18.2 Å². The van der Waals surface area contributed by atoms with E-state index in [9.17, 15) is 54.5 Å². The van der Waals surface area contributed by atoms with E-state index in [-0.39, 0.29) is 5.56 Å². The number of ether oxygens (including phenoxy) is 2. The Labute approximate surface area is 257 Å². The number of nitrogens with zero attached hydrogens (tertiary/aromatic N) is 2. The van der Waals surface area contributed by atoms with Crippen molar-refractivity contribution in [1.29, 1.82) is 0 Å². The monoisotopic (exact) mass is 639 g/mol. The van der Waals surface area contributed by atoms with E-state index in [4.69, 9.17) is 9.47 Å². The molecule has 0 saturated carbocycles. The largest absolute Gasteiger partial charge is 0.488 e. The zero-order chi connectivity index (χ0) is 34.0. The van der Waals surface area contributed by atoms with Crippen molar-refractivity contribution >= 4 is 17.7 Å². The summed E-state index contributed by atoms with van der Waals surface area (Å²) in [7, 11) is 0. The Hall–Kier alpha value is -3.58. The first kappa shape index (κ1) is 35.9. The molecule has 0 spiro atoms. The average Bonchev–Trinajstić information content (AvgIpc) is 3.23. The van der Waals surface area contributed by atoms with Crippen molar-refractivity contribution in [2.45, 2.75) is 64.1 Å². The van der Waals surface area contributed by atoms with E-state index in [2.05, 4.69) is 4.90 Å². The fraction of sp³-hybridized carbons (Fsp3) is 0.483. The van der Waals surface area contributed by atoms with Gasteiger partial charge in [-0.2, -0.15) is 0 Å². The first-order chi connectivity index (χ1) is 21.1. The topological polar surface area (TPSA) is 230 Å². The third-order valence-corrected chi connectivity index (χ3v) is 7.27. The Morgan fingerprint density at radius 1 is 0.911 bits per heavy atom. The summed E-state index contributed by atoms with van der Waals surface area (Å²) in [5, 5.41) is 74.7. The third kappa shape index (κ3) is 5.92. The van der Waals surface area contributed by atoms with Gasteiger partial charge < -0.3 is 45.2 Å². The smallest absolute Gasteiger partial charge is 0.306 e. The number of hydrogen-bond acceptors (Lipinski definition) is 13. The lowest BCUT2D eigenvalue weighted by Crippen LogP contribution is -2.87. The molecule has 2 aromatic carbocycles. The second kappa shape index (κ2) is 13.4. The SMILES string of the molecule is CC.CC.O=C1c2cccc(OCc3ccc(CN4CCOCC4)cc3F)c2C(O)(O)N1C1(O)C(=O)NC(=O)C(O)(O)C1(O)O. The van der Waals surface area contributed by atoms with Crippen LogP contribution < -0.4 is 10.1 Å². The molecule has 3 amide bonds. The lowest BCUT2D eigenvalue weighted by atomic mass is 9.86. The molecule has 1 atom stereocenters. The van der Waals surface area contributed by atoms with Gasteiger partial charge in [-0.05, 0) is 23.8 Å². The van der Waals surface area contributed by atoms with E-state index in [1.54, 1.807) is 6.07 Å². The van der Waals surface area contributed by atoms with Crippen LogP contribution in [0.25, 0.3) is 0 Å². The quantitative estimate of drug-likeness (QED) is 0.134. The Bertz CT molecular complexity index is 1430. The first-order valence-corrected chi connectivity index (χ1v) is 14.2. The summed E-state index contributed by atoms with van der Waals surface area (Å²) >= 11 is 0. The van der Waals surface area contributed by atoms with Crippen LogP contribution in [0.4, 0.5) is 4.39 Å². The molecule has 8 N–H and O–H groups in total. The van der Waals surface area contributed by atoms with Crippen LogP contribution in [-0.2, 0) is 33.4 Å². The molecular formula is C29H38FN3O12. The van der Waals surface area contributed by atoms with Crippen molar-refractivity contribution in [1.82, 2.24) is 15.1 Å². The molecule has 0 aliphatic carbocycles. The number of halogens is 1. The van der Waals surface area contributed by atoms with Crippen LogP contribution in [0.1, 0.15) is 54.7 Å². The molecule has 15 nitrogen and oxygen atoms in total. The minimum atomic E-state index is -4.57. The molecule has 2 fully saturated rings. The number of nitrogens with one attached hydrogen (secondary N) is 1. The van der Waals surface area contributed by atoms with Crippen LogP contribution in [0.2, 0.25) is 0 Å². The Morgan fingerprint density at radius 3 is 2.13 bits per heavy atom. The van der Waals surface area contributed by atoms with Gasteiger partial charge in [-0.15, -0.1) is 0 Å². The van der Waals surface area contributed by atoms with E-state index in [1.165, 1.54) is 23.5 Å². The number of carbonyl (C=O) groups is 3. The van der Waals surface area contributed by atoms with Gasteiger partial charge >= 0.3 is 5.79 Å². The third-order valence-electron chi connectivity index (χ3n) is 7.27. The van der Waals surface area contributed by atoms with Gasteiger partial charge in [-0.25, -0.2) is 9.29 Å². The molecule has 0 aromatic heterocycles. The summed E-state index contributed by atoms with van der Waals surface area (Å²) in [6.07, 6.45) is 0. The molecule has 2 saturated heterocycles. The van der Waals surface area contributed by atoms with Crippen molar-refractivity contribution < 1.29 is 64.0 Å². The maximum atomic E-state index is 14.9. The summed E-state index contributed by atoms with van der Waals surface area (Å²) in [6, 6.07) is 7.80. The van der Waals surface area contributed by atoms with Gasteiger partial charge in [0.25, 0.3) is 35.1 Å². The van der Waals surface area contributed by atoms with Crippen LogP contribution in [0.3, 0.4) is 0 Å². The highest BCUT2D eigenvalue weighted by atomic mass is 19.1. The number of carbonyl (C=O) groups excluding carboxylic acids is 3. The highest BCUT2D eigenvalue weighted by Crippen LogP contribution is 2.48. The molecule has 5 rings (SSSR count). The molecule has 16 heteroatoms. The molecule has 0 bridgehead atoms. The van der Waals surface area contributed by atoms with Crippen LogP contribution >= 0.6 is 0 Å². The number of hydrogen-bond donors (Lipinski definition) is 8. The van der Waals surface area contributed by atoms with Gasteiger partial charge in [0.15, 0.2) is 0 Å². The number of amides is 3. The summed E-state index contributed by atoms with van der Waals surface area (Å²) < 4.78 is 25.8. The second-order valence-electron chi connectivity index (χ2n) is 9.86. The molecular weight excluding hydrogens is 601 g/mol.